The van der Waals surface area contributed by atoms with Crippen molar-refractivity contribution in [2.75, 3.05) is 6.54 Å². The number of hydroxylamine groups is 2. The number of rotatable bonds is 3. The van der Waals surface area contributed by atoms with E-state index in [1.807, 2.05) is 0 Å². The molecular weight excluding hydrogens is 248 g/mol. The highest BCUT2D eigenvalue weighted by Gasteiger charge is 2.39. The summed E-state index contributed by atoms with van der Waals surface area (Å²) in [5.41, 5.74) is 4.19. The van der Waals surface area contributed by atoms with Crippen LogP contribution in [-0.2, 0) is 11.3 Å². The molecule has 20 heavy (non-hydrogen) atoms. The normalized spacial score (nSPS) is 25.9. The minimum absolute atomic E-state index is 0.414. The maximum atomic E-state index is 6.13. The third kappa shape index (κ3) is 1.88. The lowest BCUT2D eigenvalue weighted by Crippen LogP contribution is -2.30. The van der Waals surface area contributed by atoms with Crippen molar-refractivity contribution in [3.8, 4) is 0 Å². The van der Waals surface area contributed by atoms with E-state index in [4.69, 9.17) is 4.84 Å². The molecule has 1 fully saturated rings. The zero-order chi connectivity index (χ0) is 13.5. The standard InChI is InChI=1S/C17H22N2O/c1-2-3-6-12-11-16-17-14(9-10-19(16)20-12)13-7-4-5-8-15(13)18-17/h4-5,7-8,12,16,18H,2-3,6,9-11H2,1H3/t12-,16+/m0/s1. The van der Waals surface area contributed by atoms with Crippen molar-refractivity contribution < 1.29 is 4.84 Å². The van der Waals surface area contributed by atoms with Gasteiger partial charge >= 0.3 is 0 Å². The van der Waals surface area contributed by atoms with Crippen LogP contribution in [0.25, 0.3) is 10.9 Å². The van der Waals surface area contributed by atoms with Crippen molar-refractivity contribution in [2.45, 2.75) is 51.2 Å². The Morgan fingerprint density at radius 1 is 1.35 bits per heavy atom. The van der Waals surface area contributed by atoms with Crippen LogP contribution in [0.4, 0.5) is 0 Å². The topological polar surface area (TPSA) is 28.3 Å². The number of hydrogen-bond donors (Lipinski definition) is 1. The molecule has 2 aliphatic rings. The van der Waals surface area contributed by atoms with Gasteiger partial charge in [-0.2, -0.15) is 5.06 Å². The average molecular weight is 270 g/mol. The molecule has 2 aromatic rings. The van der Waals surface area contributed by atoms with E-state index < -0.39 is 0 Å². The van der Waals surface area contributed by atoms with Crippen LogP contribution in [0.15, 0.2) is 24.3 Å². The highest BCUT2D eigenvalue weighted by atomic mass is 16.7. The van der Waals surface area contributed by atoms with E-state index >= 15 is 0 Å². The number of hydrogen-bond acceptors (Lipinski definition) is 2. The Morgan fingerprint density at radius 3 is 3.15 bits per heavy atom. The Morgan fingerprint density at radius 2 is 2.25 bits per heavy atom. The molecule has 0 aliphatic carbocycles. The maximum absolute atomic E-state index is 6.13. The molecule has 1 aromatic heterocycles. The number of aromatic nitrogens is 1. The van der Waals surface area contributed by atoms with E-state index in [0.717, 1.165) is 19.4 Å². The Hall–Kier alpha value is -1.32. The van der Waals surface area contributed by atoms with Crippen LogP contribution >= 0.6 is 0 Å². The number of nitrogens with one attached hydrogen (secondary N) is 1. The van der Waals surface area contributed by atoms with Crippen molar-refractivity contribution in [1.82, 2.24) is 10.0 Å². The predicted molar refractivity (Wildman–Crippen MR) is 80.5 cm³/mol. The molecule has 4 rings (SSSR count). The average Bonchev–Trinajstić information content (AvgIpc) is 3.05. The van der Waals surface area contributed by atoms with Gasteiger partial charge in [0.25, 0.3) is 0 Å². The summed E-state index contributed by atoms with van der Waals surface area (Å²) in [6.07, 6.45) is 6.36. The molecular formula is C17H22N2O. The number of H-pyrrole nitrogens is 1. The Kier molecular flexibility index (Phi) is 3.04. The highest BCUT2D eigenvalue weighted by molar-refractivity contribution is 5.85. The molecule has 2 atom stereocenters. The van der Waals surface area contributed by atoms with Crippen LogP contribution in [-0.4, -0.2) is 22.7 Å². The molecule has 106 valence electrons. The van der Waals surface area contributed by atoms with Crippen molar-refractivity contribution in [2.24, 2.45) is 0 Å². The fourth-order valence-electron chi connectivity index (χ4n) is 3.74. The van der Waals surface area contributed by atoms with Gasteiger partial charge < -0.3 is 4.98 Å². The van der Waals surface area contributed by atoms with Crippen LogP contribution < -0.4 is 0 Å². The molecule has 0 saturated carbocycles. The minimum Gasteiger partial charge on any atom is -0.357 e. The third-order valence-electron chi connectivity index (χ3n) is 4.76. The SMILES string of the molecule is CCCC[C@H]1C[C@@H]2c3[nH]c4ccccc4c3CCN2O1. The first-order chi connectivity index (χ1) is 9.86. The van der Waals surface area contributed by atoms with Gasteiger partial charge in [0.05, 0.1) is 12.1 Å². The number of unbranched alkanes of at least 4 members (excludes halogenated alkanes) is 1. The summed E-state index contributed by atoms with van der Waals surface area (Å²) in [6, 6.07) is 9.11. The highest BCUT2D eigenvalue weighted by Crippen LogP contribution is 2.42. The van der Waals surface area contributed by atoms with E-state index in [1.54, 1.807) is 0 Å². The third-order valence-corrected chi connectivity index (χ3v) is 4.76. The van der Waals surface area contributed by atoms with Crippen molar-refractivity contribution in [1.29, 1.82) is 0 Å². The zero-order valence-corrected chi connectivity index (χ0v) is 12.1. The first-order valence-electron chi connectivity index (χ1n) is 7.89. The smallest absolute Gasteiger partial charge is 0.0813 e. The van der Waals surface area contributed by atoms with E-state index in [9.17, 15) is 0 Å². The van der Waals surface area contributed by atoms with Crippen molar-refractivity contribution in [3.63, 3.8) is 0 Å². The zero-order valence-electron chi connectivity index (χ0n) is 12.1. The van der Waals surface area contributed by atoms with Crippen LogP contribution in [0.2, 0.25) is 0 Å². The molecule has 0 spiro atoms. The Bertz CT molecular complexity index is 618. The summed E-state index contributed by atoms with van der Waals surface area (Å²) < 4.78 is 0. The lowest BCUT2D eigenvalue weighted by molar-refractivity contribution is -0.167. The quantitative estimate of drug-likeness (QED) is 0.914. The fraction of sp³-hybridized carbons (Fsp3) is 0.529. The summed E-state index contributed by atoms with van der Waals surface area (Å²) >= 11 is 0. The van der Waals surface area contributed by atoms with Gasteiger partial charge in [-0.15, -0.1) is 0 Å². The van der Waals surface area contributed by atoms with Crippen LogP contribution in [0, 0.1) is 0 Å². The molecule has 1 saturated heterocycles. The van der Waals surface area contributed by atoms with Gasteiger partial charge in [-0.1, -0.05) is 38.0 Å². The molecule has 2 aliphatic heterocycles. The molecule has 3 nitrogen and oxygen atoms in total. The summed E-state index contributed by atoms with van der Waals surface area (Å²) in [7, 11) is 0. The number of para-hydroxylation sites is 1. The minimum atomic E-state index is 0.414. The summed E-state index contributed by atoms with van der Waals surface area (Å²) in [5.74, 6) is 0. The second-order valence-corrected chi connectivity index (χ2v) is 6.07. The summed E-state index contributed by atoms with van der Waals surface area (Å²) in [4.78, 5) is 9.78. The van der Waals surface area contributed by atoms with Gasteiger partial charge in [-0.25, -0.2) is 0 Å². The largest absolute Gasteiger partial charge is 0.357 e. The van der Waals surface area contributed by atoms with E-state index in [2.05, 4.69) is 41.2 Å². The molecule has 3 heterocycles. The molecule has 0 radical (unpaired) electrons. The second-order valence-electron chi connectivity index (χ2n) is 6.07. The molecule has 0 amide bonds. The second kappa shape index (κ2) is 4.90. The maximum Gasteiger partial charge on any atom is 0.0813 e. The number of aromatic amines is 1. The van der Waals surface area contributed by atoms with Crippen molar-refractivity contribution >= 4 is 10.9 Å². The van der Waals surface area contributed by atoms with Crippen LogP contribution in [0.5, 0.6) is 0 Å². The lowest BCUT2D eigenvalue weighted by Gasteiger charge is -2.27. The predicted octanol–water partition coefficient (Wildman–Crippen LogP) is 3.96. The monoisotopic (exact) mass is 270 g/mol. The van der Waals surface area contributed by atoms with Gasteiger partial charge in [0.1, 0.15) is 0 Å². The van der Waals surface area contributed by atoms with Gasteiger partial charge in [0.15, 0.2) is 0 Å². The van der Waals surface area contributed by atoms with Gasteiger partial charge in [0.2, 0.25) is 0 Å². The van der Waals surface area contributed by atoms with Gasteiger partial charge in [-0.05, 0) is 30.9 Å². The molecule has 0 bridgehead atoms. The van der Waals surface area contributed by atoms with Crippen LogP contribution in [0.1, 0.15) is 49.9 Å². The van der Waals surface area contributed by atoms with Gasteiger partial charge in [0, 0.05) is 23.1 Å². The fourth-order valence-corrected chi connectivity index (χ4v) is 3.74. The number of nitrogens with zero attached hydrogens (tertiary/aromatic N) is 1. The van der Waals surface area contributed by atoms with E-state index in [-0.39, 0.29) is 0 Å². The van der Waals surface area contributed by atoms with Gasteiger partial charge in [-0.3, -0.25) is 4.84 Å². The molecule has 0 unspecified atom stereocenters. The van der Waals surface area contributed by atoms with Crippen molar-refractivity contribution in [3.05, 3.63) is 35.5 Å². The first-order valence-corrected chi connectivity index (χ1v) is 7.89. The van der Waals surface area contributed by atoms with Crippen LogP contribution in [0.3, 0.4) is 0 Å². The number of benzene rings is 1. The summed E-state index contributed by atoms with van der Waals surface area (Å²) in [6.45, 7) is 3.28. The van der Waals surface area contributed by atoms with E-state index in [0.29, 0.717) is 12.1 Å². The summed E-state index contributed by atoms with van der Waals surface area (Å²) in [5, 5.41) is 3.62. The molecule has 3 heteroatoms. The first kappa shape index (κ1) is 12.4. The van der Waals surface area contributed by atoms with E-state index in [1.165, 1.54) is 41.4 Å². The molecule has 1 N–H and O–H groups in total. The number of fused-ring (bicyclic) bond motifs is 5. The Labute approximate surface area is 119 Å². The lowest BCUT2D eigenvalue weighted by atomic mass is 9.95. The molecule has 1 aromatic carbocycles. The Balaban J connectivity index is 1.66.